The van der Waals surface area contributed by atoms with E-state index in [1.165, 1.54) is 4.68 Å². The predicted molar refractivity (Wildman–Crippen MR) is 98.4 cm³/mol. The monoisotopic (exact) mass is 409 g/mol. The minimum Gasteiger partial charge on any atom is -0.454 e. The van der Waals surface area contributed by atoms with Crippen molar-refractivity contribution in [3.63, 3.8) is 0 Å². The largest absolute Gasteiger partial charge is 0.454 e. The first-order chi connectivity index (χ1) is 13.6. The van der Waals surface area contributed by atoms with Gasteiger partial charge in [-0.3, -0.25) is 14.2 Å². The highest BCUT2D eigenvalue weighted by molar-refractivity contribution is 5.91. The molecule has 0 spiro atoms. The number of carbonyl (C=O) groups excluding carboxylic acids is 1. The zero-order chi connectivity index (χ0) is 21.2. The fourth-order valence-electron chi connectivity index (χ4n) is 2.96. The Morgan fingerprint density at radius 1 is 1.10 bits per heavy atom. The van der Waals surface area contributed by atoms with Gasteiger partial charge in [0.15, 0.2) is 11.5 Å². The zero-order valence-corrected chi connectivity index (χ0v) is 16.4. The zero-order valence-electron chi connectivity index (χ0n) is 16.4. The number of amides is 1. The fraction of sp³-hybridized carbons (Fsp3) is 0.421. The molecule has 0 aliphatic carbocycles. The van der Waals surface area contributed by atoms with Gasteiger partial charge in [-0.2, -0.15) is 23.4 Å². The van der Waals surface area contributed by atoms with Crippen molar-refractivity contribution in [1.82, 2.24) is 24.9 Å². The van der Waals surface area contributed by atoms with E-state index in [0.717, 1.165) is 17.5 Å². The Morgan fingerprint density at radius 3 is 2.45 bits per heavy atom. The number of hydrogen-bond acceptors (Lipinski definition) is 4. The molecule has 0 aromatic carbocycles. The van der Waals surface area contributed by atoms with Crippen LogP contribution in [0.15, 0.2) is 28.7 Å². The lowest BCUT2D eigenvalue weighted by Gasteiger charge is -2.06. The van der Waals surface area contributed by atoms with Gasteiger partial charge in [0.1, 0.15) is 5.76 Å². The molecular formula is C19H22F3N5O2. The van der Waals surface area contributed by atoms with E-state index in [4.69, 9.17) is 4.42 Å². The summed E-state index contributed by atoms with van der Waals surface area (Å²) < 4.78 is 46.7. The van der Waals surface area contributed by atoms with Gasteiger partial charge in [0.2, 0.25) is 0 Å². The third-order valence-corrected chi connectivity index (χ3v) is 4.40. The molecule has 0 unspecified atom stereocenters. The molecule has 0 radical (unpaired) electrons. The first-order valence-corrected chi connectivity index (χ1v) is 9.13. The van der Waals surface area contributed by atoms with Crippen LogP contribution in [0.1, 0.15) is 45.5 Å². The lowest BCUT2D eigenvalue weighted by atomic mass is 10.3. The van der Waals surface area contributed by atoms with E-state index in [1.54, 1.807) is 23.7 Å². The van der Waals surface area contributed by atoms with Gasteiger partial charge >= 0.3 is 6.18 Å². The summed E-state index contributed by atoms with van der Waals surface area (Å²) in [6, 6.07) is 6.27. The molecule has 0 aliphatic heterocycles. The number of hydrogen-bond donors (Lipinski definition) is 1. The van der Waals surface area contributed by atoms with E-state index in [1.807, 2.05) is 19.9 Å². The molecule has 156 valence electrons. The van der Waals surface area contributed by atoms with Crippen molar-refractivity contribution in [2.24, 2.45) is 0 Å². The van der Waals surface area contributed by atoms with Crippen LogP contribution < -0.4 is 5.32 Å². The second kappa shape index (κ2) is 8.14. The van der Waals surface area contributed by atoms with E-state index >= 15 is 0 Å². The molecule has 0 saturated carbocycles. The summed E-state index contributed by atoms with van der Waals surface area (Å²) in [6.45, 7) is 6.38. The molecule has 0 atom stereocenters. The van der Waals surface area contributed by atoms with Crippen LogP contribution in [-0.2, 0) is 19.3 Å². The lowest BCUT2D eigenvalue weighted by molar-refractivity contribution is -0.141. The van der Waals surface area contributed by atoms with Crippen molar-refractivity contribution in [2.45, 2.75) is 46.5 Å². The number of nitrogens with zero attached hydrogens (tertiary/aromatic N) is 4. The first kappa shape index (κ1) is 20.7. The predicted octanol–water partition coefficient (Wildman–Crippen LogP) is 3.49. The van der Waals surface area contributed by atoms with Crippen molar-refractivity contribution in [2.75, 3.05) is 6.54 Å². The number of nitrogens with one attached hydrogen (secondary N) is 1. The van der Waals surface area contributed by atoms with E-state index in [-0.39, 0.29) is 24.8 Å². The Morgan fingerprint density at radius 2 is 1.83 bits per heavy atom. The average molecular weight is 409 g/mol. The fourth-order valence-corrected chi connectivity index (χ4v) is 2.96. The quantitative estimate of drug-likeness (QED) is 0.606. The topological polar surface area (TPSA) is 77.9 Å². The molecule has 29 heavy (non-hydrogen) atoms. The van der Waals surface area contributed by atoms with Gasteiger partial charge in [-0.05, 0) is 51.5 Å². The summed E-state index contributed by atoms with van der Waals surface area (Å²) in [7, 11) is 0. The van der Waals surface area contributed by atoms with Crippen molar-refractivity contribution in [3.8, 4) is 0 Å². The maximum Gasteiger partial charge on any atom is 0.435 e. The standard InChI is InChI=1S/C19H22F3N5O2/c1-12-9-13(2)27(24-12)11-15-5-6-16(29-15)18(28)23-7-4-8-26-14(3)10-17(25-26)19(20,21)22/h5-6,9-10H,4,7-8,11H2,1-3H3,(H,23,28). The van der Waals surface area contributed by atoms with Crippen molar-refractivity contribution in [1.29, 1.82) is 0 Å². The molecular weight excluding hydrogens is 387 g/mol. The number of furan rings is 1. The van der Waals surface area contributed by atoms with Crippen LogP contribution in [-0.4, -0.2) is 32.0 Å². The second-order valence-corrected chi connectivity index (χ2v) is 6.85. The van der Waals surface area contributed by atoms with Crippen molar-refractivity contribution in [3.05, 3.63) is 58.6 Å². The molecule has 1 amide bonds. The Hall–Kier alpha value is -3.04. The van der Waals surface area contributed by atoms with E-state index in [2.05, 4.69) is 15.5 Å². The van der Waals surface area contributed by atoms with E-state index in [9.17, 15) is 18.0 Å². The van der Waals surface area contributed by atoms with Crippen LogP contribution >= 0.6 is 0 Å². The normalized spacial score (nSPS) is 11.8. The number of halogens is 3. The van der Waals surface area contributed by atoms with Gasteiger partial charge in [-0.25, -0.2) is 0 Å². The van der Waals surface area contributed by atoms with Gasteiger partial charge in [-0.1, -0.05) is 0 Å². The maximum atomic E-state index is 12.7. The summed E-state index contributed by atoms with van der Waals surface area (Å²) in [5.74, 6) is 0.405. The molecule has 7 nitrogen and oxygen atoms in total. The molecule has 3 aromatic rings. The molecule has 1 N–H and O–H groups in total. The SMILES string of the molecule is Cc1cc(C)n(Cc2ccc(C(=O)NCCCn3nc(C(F)(F)F)cc3C)o2)n1. The smallest absolute Gasteiger partial charge is 0.435 e. The van der Waals surface area contributed by atoms with Gasteiger partial charge in [0.25, 0.3) is 5.91 Å². The molecule has 0 fully saturated rings. The third-order valence-electron chi connectivity index (χ3n) is 4.40. The second-order valence-electron chi connectivity index (χ2n) is 6.85. The number of aryl methyl sites for hydroxylation is 4. The molecule has 0 saturated heterocycles. The lowest BCUT2D eigenvalue weighted by Crippen LogP contribution is -2.25. The first-order valence-electron chi connectivity index (χ1n) is 9.13. The molecule has 10 heteroatoms. The molecule has 3 rings (SSSR count). The number of aromatic nitrogens is 4. The molecule has 3 aromatic heterocycles. The van der Waals surface area contributed by atoms with Crippen LogP contribution in [0.3, 0.4) is 0 Å². The summed E-state index contributed by atoms with van der Waals surface area (Å²) in [5.41, 5.74) is 1.41. The number of rotatable bonds is 7. The summed E-state index contributed by atoms with van der Waals surface area (Å²) in [4.78, 5) is 12.2. The molecule has 3 heterocycles. The van der Waals surface area contributed by atoms with E-state index < -0.39 is 11.9 Å². The Labute approximate surface area is 165 Å². The summed E-state index contributed by atoms with van der Waals surface area (Å²) >= 11 is 0. The van der Waals surface area contributed by atoms with Crippen molar-refractivity contribution < 1.29 is 22.4 Å². The van der Waals surface area contributed by atoms with Crippen LogP contribution in [0.2, 0.25) is 0 Å². The van der Waals surface area contributed by atoms with Gasteiger partial charge < -0.3 is 9.73 Å². The summed E-state index contributed by atoms with van der Waals surface area (Å²) in [6.07, 6.45) is -4.03. The Balaban J connectivity index is 1.48. The van der Waals surface area contributed by atoms with E-state index in [0.29, 0.717) is 24.4 Å². The Kier molecular flexibility index (Phi) is 5.81. The summed E-state index contributed by atoms with van der Waals surface area (Å²) in [5, 5.41) is 10.6. The number of alkyl halides is 3. The number of carbonyl (C=O) groups is 1. The highest BCUT2D eigenvalue weighted by Crippen LogP contribution is 2.28. The van der Waals surface area contributed by atoms with Crippen LogP contribution in [0.4, 0.5) is 13.2 Å². The van der Waals surface area contributed by atoms with Crippen LogP contribution in [0.25, 0.3) is 0 Å². The molecule has 0 bridgehead atoms. The van der Waals surface area contributed by atoms with Crippen molar-refractivity contribution >= 4 is 5.91 Å². The minimum absolute atomic E-state index is 0.177. The third kappa shape index (κ3) is 5.07. The average Bonchev–Trinajstić information content (AvgIpc) is 3.31. The highest BCUT2D eigenvalue weighted by atomic mass is 19.4. The van der Waals surface area contributed by atoms with Gasteiger partial charge in [-0.15, -0.1) is 0 Å². The van der Waals surface area contributed by atoms with Gasteiger partial charge in [0, 0.05) is 24.5 Å². The minimum atomic E-state index is -4.46. The van der Waals surface area contributed by atoms with Gasteiger partial charge in [0.05, 0.1) is 12.2 Å². The van der Waals surface area contributed by atoms with Crippen LogP contribution in [0, 0.1) is 20.8 Å². The maximum absolute atomic E-state index is 12.7. The highest BCUT2D eigenvalue weighted by Gasteiger charge is 2.34. The van der Waals surface area contributed by atoms with Crippen LogP contribution in [0.5, 0.6) is 0 Å². The molecule has 0 aliphatic rings. The Bertz CT molecular complexity index is 1000.